The Bertz CT molecular complexity index is 235. The number of hydrogen-bond donors (Lipinski definition) is 2. The van der Waals surface area contributed by atoms with Gasteiger partial charge in [-0.25, -0.2) is 0 Å². The van der Waals surface area contributed by atoms with Crippen molar-refractivity contribution in [2.75, 3.05) is 0 Å². The summed E-state index contributed by atoms with van der Waals surface area (Å²) < 4.78 is 0. The van der Waals surface area contributed by atoms with Crippen LogP contribution in [0.1, 0.15) is 51.9 Å². The van der Waals surface area contributed by atoms with Gasteiger partial charge >= 0.3 is 0 Å². The van der Waals surface area contributed by atoms with Crippen LogP contribution in [0, 0.1) is 11.8 Å². The summed E-state index contributed by atoms with van der Waals surface area (Å²) in [5, 5.41) is 0. The van der Waals surface area contributed by atoms with E-state index in [4.69, 9.17) is 5.84 Å². The minimum Gasteiger partial charge on any atom is -0.271 e. The van der Waals surface area contributed by atoms with Crippen LogP contribution in [0.25, 0.3) is 0 Å². The Morgan fingerprint density at radius 1 is 1.33 bits per heavy atom. The number of allylic oxidation sites excluding steroid dienone is 1. The van der Waals surface area contributed by atoms with Crippen LogP contribution in [0.3, 0.4) is 0 Å². The predicted octanol–water partition coefficient (Wildman–Crippen LogP) is 2.75. The van der Waals surface area contributed by atoms with E-state index in [9.17, 15) is 0 Å². The minimum atomic E-state index is 0.470. The summed E-state index contributed by atoms with van der Waals surface area (Å²) >= 11 is 0. The van der Waals surface area contributed by atoms with Crippen molar-refractivity contribution in [1.29, 1.82) is 0 Å². The Kier molecular flexibility index (Phi) is 3.81. The molecule has 0 aliphatic heterocycles. The third-order valence-electron chi connectivity index (χ3n) is 4.01. The first-order chi connectivity index (χ1) is 7.33. The molecule has 3 N–H and O–H groups in total. The van der Waals surface area contributed by atoms with E-state index < -0.39 is 0 Å². The van der Waals surface area contributed by atoms with Gasteiger partial charge in [0.2, 0.25) is 0 Å². The molecule has 2 rings (SSSR count). The molecule has 2 nitrogen and oxygen atoms in total. The average Bonchev–Trinajstić information content (AvgIpc) is 2.87. The van der Waals surface area contributed by atoms with Crippen LogP contribution in [-0.2, 0) is 0 Å². The molecule has 0 heterocycles. The third kappa shape index (κ3) is 2.82. The highest BCUT2D eigenvalue weighted by atomic mass is 15.2. The van der Waals surface area contributed by atoms with Crippen LogP contribution >= 0.6 is 0 Å². The molecule has 15 heavy (non-hydrogen) atoms. The lowest BCUT2D eigenvalue weighted by molar-refractivity contribution is 0.482. The minimum absolute atomic E-state index is 0.470. The van der Waals surface area contributed by atoms with Crippen molar-refractivity contribution >= 4 is 0 Å². The van der Waals surface area contributed by atoms with Gasteiger partial charge in [0.25, 0.3) is 0 Å². The second kappa shape index (κ2) is 5.13. The van der Waals surface area contributed by atoms with Gasteiger partial charge < -0.3 is 0 Å². The van der Waals surface area contributed by atoms with Crippen molar-refractivity contribution in [3.05, 3.63) is 11.6 Å². The monoisotopic (exact) mass is 208 g/mol. The molecule has 0 amide bonds. The number of nitrogens with two attached hydrogens (primary N) is 1. The maximum Gasteiger partial charge on any atom is 0.0450 e. The molecule has 0 radical (unpaired) electrons. The molecular formula is C13H24N2. The molecule has 0 aromatic rings. The fourth-order valence-electron chi connectivity index (χ4n) is 2.82. The van der Waals surface area contributed by atoms with Crippen LogP contribution < -0.4 is 11.3 Å². The molecule has 0 spiro atoms. The molecular weight excluding hydrogens is 184 g/mol. The zero-order valence-corrected chi connectivity index (χ0v) is 9.84. The molecule has 86 valence electrons. The van der Waals surface area contributed by atoms with Crippen molar-refractivity contribution in [3.63, 3.8) is 0 Å². The van der Waals surface area contributed by atoms with Crippen molar-refractivity contribution < 1.29 is 0 Å². The molecule has 3 atom stereocenters. The van der Waals surface area contributed by atoms with Crippen molar-refractivity contribution in [3.8, 4) is 0 Å². The van der Waals surface area contributed by atoms with Gasteiger partial charge in [0.15, 0.2) is 0 Å². The van der Waals surface area contributed by atoms with Crippen LogP contribution in [0.5, 0.6) is 0 Å². The Hall–Kier alpha value is -0.340. The van der Waals surface area contributed by atoms with E-state index >= 15 is 0 Å². The molecule has 2 aliphatic carbocycles. The van der Waals surface area contributed by atoms with Crippen LogP contribution in [-0.4, -0.2) is 6.04 Å². The number of nitrogens with one attached hydrogen (secondary N) is 1. The molecule has 1 saturated carbocycles. The summed E-state index contributed by atoms with van der Waals surface area (Å²) in [6.45, 7) is 2.33. The molecule has 1 fully saturated rings. The van der Waals surface area contributed by atoms with E-state index in [-0.39, 0.29) is 0 Å². The van der Waals surface area contributed by atoms with Crippen LogP contribution in [0.15, 0.2) is 11.6 Å². The lowest BCUT2D eigenvalue weighted by atomic mass is 9.92. The normalized spacial score (nSPS) is 33.9. The zero-order chi connectivity index (χ0) is 10.7. The Morgan fingerprint density at radius 3 is 2.73 bits per heavy atom. The standard InChI is InChI=1S/C13H24N2/c1-10-9-12(10)13(15-14)11-7-5-3-2-4-6-8-11/h7,10,12-13,15H,2-6,8-9,14H2,1H3. The summed E-state index contributed by atoms with van der Waals surface area (Å²) in [4.78, 5) is 0. The highest BCUT2D eigenvalue weighted by Gasteiger charge is 2.40. The number of hydrazine groups is 1. The van der Waals surface area contributed by atoms with Gasteiger partial charge in [0, 0.05) is 6.04 Å². The maximum atomic E-state index is 5.71. The van der Waals surface area contributed by atoms with Gasteiger partial charge in [0.1, 0.15) is 0 Å². The van der Waals surface area contributed by atoms with E-state index in [0.29, 0.717) is 6.04 Å². The van der Waals surface area contributed by atoms with Gasteiger partial charge in [-0.05, 0) is 43.9 Å². The first kappa shape index (κ1) is 11.2. The SMILES string of the molecule is CC1CC1C(NN)C1=CCCCCCC1. The molecule has 3 unspecified atom stereocenters. The summed E-state index contributed by atoms with van der Waals surface area (Å²) in [5.74, 6) is 7.38. The summed E-state index contributed by atoms with van der Waals surface area (Å²) in [5.41, 5.74) is 4.63. The number of rotatable bonds is 3. The molecule has 2 heteroatoms. The molecule has 0 saturated heterocycles. The Labute approximate surface area is 93.3 Å². The second-order valence-electron chi connectivity index (χ2n) is 5.25. The largest absolute Gasteiger partial charge is 0.271 e. The predicted molar refractivity (Wildman–Crippen MR) is 64.2 cm³/mol. The fourth-order valence-corrected chi connectivity index (χ4v) is 2.82. The lowest BCUT2D eigenvalue weighted by Gasteiger charge is -2.21. The number of hydrogen-bond acceptors (Lipinski definition) is 2. The van der Waals surface area contributed by atoms with Gasteiger partial charge in [0.05, 0.1) is 0 Å². The Balaban J connectivity index is 1.98. The van der Waals surface area contributed by atoms with Crippen molar-refractivity contribution in [1.82, 2.24) is 5.43 Å². The Morgan fingerprint density at radius 2 is 2.07 bits per heavy atom. The molecule has 2 aliphatic rings. The maximum absolute atomic E-state index is 5.71. The van der Waals surface area contributed by atoms with Crippen molar-refractivity contribution in [2.24, 2.45) is 17.7 Å². The molecule has 0 aromatic heterocycles. The van der Waals surface area contributed by atoms with Crippen LogP contribution in [0.2, 0.25) is 0 Å². The van der Waals surface area contributed by atoms with Gasteiger partial charge in [-0.15, -0.1) is 0 Å². The molecule has 0 aromatic carbocycles. The van der Waals surface area contributed by atoms with E-state index in [0.717, 1.165) is 11.8 Å². The van der Waals surface area contributed by atoms with Gasteiger partial charge in [-0.1, -0.05) is 31.4 Å². The summed E-state index contributed by atoms with van der Waals surface area (Å²) in [7, 11) is 0. The summed E-state index contributed by atoms with van der Waals surface area (Å²) in [6, 6.07) is 0.470. The van der Waals surface area contributed by atoms with E-state index in [1.54, 1.807) is 5.57 Å². The fraction of sp³-hybridized carbons (Fsp3) is 0.846. The quantitative estimate of drug-likeness (QED) is 0.425. The van der Waals surface area contributed by atoms with Crippen LogP contribution in [0.4, 0.5) is 0 Å². The topological polar surface area (TPSA) is 38.0 Å². The first-order valence-electron chi connectivity index (χ1n) is 6.48. The van der Waals surface area contributed by atoms with E-state index in [1.807, 2.05) is 0 Å². The van der Waals surface area contributed by atoms with Gasteiger partial charge in [-0.3, -0.25) is 11.3 Å². The third-order valence-corrected chi connectivity index (χ3v) is 4.01. The first-order valence-corrected chi connectivity index (χ1v) is 6.48. The molecule has 0 bridgehead atoms. The lowest BCUT2D eigenvalue weighted by Crippen LogP contribution is -2.39. The smallest absolute Gasteiger partial charge is 0.0450 e. The highest BCUT2D eigenvalue weighted by molar-refractivity contribution is 5.16. The van der Waals surface area contributed by atoms with Gasteiger partial charge in [-0.2, -0.15) is 0 Å². The second-order valence-corrected chi connectivity index (χ2v) is 5.25. The summed E-state index contributed by atoms with van der Waals surface area (Å²) in [6.07, 6.45) is 11.8. The highest BCUT2D eigenvalue weighted by Crippen LogP contribution is 2.43. The zero-order valence-electron chi connectivity index (χ0n) is 9.84. The van der Waals surface area contributed by atoms with E-state index in [2.05, 4.69) is 18.4 Å². The van der Waals surface area contributed by atoms with E-state index in [1.165, 1.54) is 44.9 Å². The van der Waals surface area contributed by atoms with Crippen molar-refractivity contribution in [2.45, 2.75) is 57.9 Å². The average molecular weight is 208 g/mol.